The van der Waals surface area contributed by atoms with Gasteiger partial charge < -0.3 is 5.73 Å². The molecule has 1 aromatic heterocycles. The summed E-state index contributed by atoms with van der Waals surface area (Å²) >= 11 is 7.67. The molecule has 0 aliphatic rings. The molecule has 2 N–H and O–H groups in total. The van der Waals surface area contributed by atoms with E-state index in [2.05, 4.69) is 11.8 Å². The Morgan fingerprint density at radius 2 is 2.38 bits per heavy atom. The van der Waals surface area contributed by atoms with Crippen molar-refractivity contribution < 1.29 is 0 Å². The first-order valence-electron chi connectivity index (χ1n) is 4.05. The molecule has 0 amide bonds. The fourth-order valence-electron chi connectivity index (χ4n) is 1.00. The lowest BCUT2D eigenvalue weighted by molar-refractivity contribution is 0.770. The predicted molar refractivity (Wildman–Crippen MR) is 59.1 cm³/mol. The van der Waals surface area contributed by atoms with Gasteiger partial charge in [0.25, 0.3) is 0 Å². The summed E-state index contributed by atoms with van der Waals surface area (Å²) < 4.78 is 0. The molecule has 3 heteroatoms. The molecule has 0 fully saturated rings. The number of hydrogen-bond donors (Lipinski definition) is 1. The zero-order valence-corrected chi connectivity index (χ0v) is 9.30. The van der Waals surface area contributed by atoms with Crippen LogP contribution < -0.4 is 5.73 Å². The first-order chi connectivity index (χ1) is 6.16. The van der Waals surface area contributed by atoms with Gasteiger partial charge >= 0.3 is 0 Å². The van der Waals surface area contributed by atoms with E-state index in [1.54, 1.807) is 11.3 Å². The zero-order chi connectivity index (χ0) is 9.84. The highest BCUT2D eigenvalue weighted by atomic mass is 35.5. The summed E-state index contributed by atoms with van der Waals surface area (Å²) in [6.45, 7) is 3.80. The average molecular weight is 214 g/mol. The SMILES string of the molecule is CC#CCC(N)c1scc(C)c1Cl. The third kappa shape index (κ3) is 2.47. The Morgan fingerprint density at radius 1 is 1.69 bits per heavy atom. The molecule has 0 spiro atoms. The van der Waals surface area contributed by atoms with Crippen LogP contribution in [0.1, 0.15) is 29.8 Å². The summed E-state index contributed by atoms with van der Waals surface area (Å²) in [7, 11) is 0. The Balaban J connectivity index is 2.80. The first-order valence-corrected chi connectivity index (χ1v) is 5.31. The second kappa shape index (κ2) is 4.66. The van der Waals surface area contributed by atoms with Crippen LogP contribution in [-0.4, -0.2) is 0 Å². The normalized spacial score (nSPS) is 12.0. The quantitative estimate of drug-likeness (QED) is 0.751. The summed E-state index contributed by atoms with van der Waals surface area (Å²) in [4.78, 5) is 1.04. The molecular formula is C10H12ClNS. The maximum absolute atomic E-state index is 6.06. The lowest BCUT2D eigenvalue weighted by atomic mass is 10.2. The molecule has 0 aliphatic carbocycles. The van der Waals surface area contributed by atoms with Crippen molar-refractivity contribution in [3.05, 3.63) is 20.8 Å². The minimum absolute atomic E-state index is 0.0429. The van der Waals surface area contributed by atoms with E-state index >= 15 is 0 Å². The van der Waals surface area contributed by atoms with E-state index in [0.717, 1.165) is 15.5 Å². The topological polar surface area (TPSA) is 26.0 Å². The summed E-state index contributed by atoms with van der Waals surface area (Å²) in [5.41, 5.74) is 7.02. The summed E-state index contributed by atoms with van der Waals surface area (Å²) in [5, 5.41) is 2.83. The second-order valence-corrected chi connectivity index (χ2v) is 4.12. The number of thiophene rings is 1. The average Bonchev–Trinajstić information content (AvgIpc) is 2.44. The van der Waals surface area contributed by atoms with Gasteiger partial charge in [0.15, 0.2) is 0 Å². The van der Waals surface area contributed by atoms with Crippen LogP contribution in [0.15, 0.2) is 5.38 Å². The number of halogens is 1. The highest BCUT2D eigenvalue weighted by Gasteiger charge is 2.12. The predicted octanol–water partition coefficient (Wildman–Crippen LogP) is 3.12. The fourth-order valence-corrected chi connectivity index (χ4v) is 2.34. The van der Waals surface area contributed by atoms with Gasteiger partial charge in [-0.3, -0.25) is 0 Å². The molecule has 0 saturated heterocycles. The van der Waals surface area contributed by atoms with E-state index in [1.165, 1.54) is 0 Å². The fraction of sp³-hybridized carbons (Fsp3) is 0.400. The lowest BCUT2D eigenvalue weighted by Crippen LogP contribution is -2.07. The number of nitrogens with two attached hydrogens (primary N) is 1. The van der Waals surface area contributed by atoms with Crippen LogP contribution in [-0.2, 0) is 0 Å². The molecule has 70 valence electrons. The minimum Gasteiger partial charge on any atom is -0.322 e. The van der Waals surface area contributed by atoms with E-state index in [1.807, 2.05) is 19.2 Å². The van der Waals surface area contributed by atoms with E-state index in [4.69, 9.17) is 17.3 Å². The van der Waals surface area contributed by atoms with Crippen LogP contribution in [0.3, 0.4) is 0 Å². The molecule has 0 aromatic carbocycles. The zero-order valence-electron chi connectivity index (χ0n) is 7.73. The Kier molecular flexibility index (Phi) is 3.80. The largest absolute Gasteiger partial charge is 0.322 e. The van der Waals surface area contributed by atoms with Gasteiger partial charge in [0.1, 0.15) is 0 Å². The van der Waals surface area contributed by atoms with Gasteiger partial charge in [-0.15, -0.1) is 23.2 Å². The number of hydrogen-bond acceptors (Lipinski definition) is 2. The van der Waals surface area contributed by atoms with Crippen LogP contribution in [0.5, 0.6) is 0 Å². The van der Waals surface area contributed by atoms with Gasteiger partial charge in [0.05, 0.1) is 11.1 Å². The molecule has 1 nitrogen and oxygen atoms in total. The molecule has 0 aliphatic heterocycles. The Morgan fingerprint density at radius 3 is 2.85 bits per heavy atom. The maximum atomic E-state index is 6.06. The molecule has 1 atom stereocenters. The van der Waals surface area contributed by atoms with Crippen molar-refractivity contribution in [1.82, 2.24) is 0 Å². The highest BCUT2D eigenvalue weighted by molar-refractivity contribution is 7.10. The Hall–Kier alpha value is -0.490. The molecular weight excluding hydrogens is 202 g/mol. The lowest BCUT2D eigenvalue weighted by Gasteiger charge is -2.05. The number of rotatable bonds is 2. The van der Waals surface area contributed by atoms with Gasteiger partial charge in [-0.25, -0.2) is 0 Å². The van der Waals surface area contributed by atoms with Crippen LogP contribution >= 0.6 is 22.9 Å². The molecule has 0 radical (unpaired) electrons. The minimum atomic E-state index is -0.0429. The van der Waals surface area contributed by atoms with Gasteiger partial charge in [0, 0.05) is 11.3 Å². The monoisotopic (exact) mass is 213 g/mol. The smallest absolute Gasteiger partial charge is 0.0590 e. The number of aryl methyl sites for hydroxylation is 1. The molecule has 1 aromatic rings. The maximum Gasteiger partial charge on any atom is 0.0590 e. The molecule has 1 unspecified atom stereocenters. The molecule has 1 heterocycles. The standard InChI is InChI=1S/C10H12ClNS/c1-3-4-5-8(12)10-9(11)7(2)6-13-10/h6,8H,5,12H2,1-2H3. The van der Waals surface area contributed by atoms with Crippen molar-refractivity contribution in [2.24, 2.45) is 5.73 Å². The highest BCUT2D eigenvalue weighted by Crippen LogP contribution is 2.32. The van der Waals surface area contributed by atoms with Gasteiger partial charge in [0.2, 0.25) is 0 Å². The van der Waals surface area contributed by atoms with Crippen molar-refractivity contribution in [2.45, 2.75) is 26.3 Å². The Labute approximate surface area is 87.9 Å². The molecule has 13 heavy (non-hydrogen) atoms. The second-order valence-electron chi connectivity index (χ2n) is 2.83. The van der Waals surface area contributed by atoms with E-state index in [-0.39, 0.29) is 6.04 Å². The van der Waals surface area contributed by atoms with Crippen LogP contribution in [0.25, 0.3) is 0 Å². The van der Waals surface area contributed by atoms with Crippen LogP contribution in [0.2, 0.25) is 5.02 Å². The third-order valence-electron chi connectivity index (χ3n) is 1.76. The summed E-state index contributed by atoms with van der Waals surface area (Å²) in [5.74, 6) is 5.78. The van der Waals surface area contributed by atoms with Gasteiger partial charge in [-0.1, -0.05) is 11.6 Å². The van der Waals surface area contributed by atoms with Crippen LogP contribution in [0.4, 0.5) is 0 Å². The van der Waals surface area contributed by atoms with Gasteiger partial charge in [-0.2, -0.15) is 0 Å². The summed E-state index contributed by atoms with van der Waals surface area (Å²) in [6, 6.07) is -0.0429. The third-order valence-corrected chi connectivity index (χ3v) is 3.61. The molecule has 0 saturated carbocycles. The molecule has 1 rings (SSSR count). The van der Waals surface area contributed by atoms with E-state index in [0.29, 0.717) is 6.42 Å². The van der Waals surface area contributed by atoms with Gasteiger partial charge in [-0.05, 0) is 24.8 Å². The van der Waals surface area contributed by atoms with Crippen LogP contribution in [0, 0.1) is 18.8 Å². The van der Waals surface area contributed by atoms with E-state index in [9.17, 15) is 0 Å². The first kappa shape index (κ1) is 10.6. The van der Waals surface area contributed by atoms with Crippen molar-refractivity contribution in [1.29, 1.82) is 0 Å². The van der Waals surface area contributed by atoms with Crippen molar-refractivity contribution in [3.63, 3.8) is 0 Å². The van der Waals surface area contributed by atoms with Crippen molar-refractivity contribution >= 4 is 22.9 Å². The van der Waals surface area contributed by atoms with Crippen molar-refractivity contribution in [2.75, 3.05) is 0 Å². The molecule has 0 bridgehead atoms. The Bertz CT molecular complexity index is 346. The van der Waals surface area contributed by atoms with Crippen molar-refractivity contribution in [3.8, 4) is 11.8 Å². The van der Waals surface area contributed by atoms with E-state index < -0.39 is 0 Å². The summed E-state index contributed by atoms with van der Waals surface area (Å²) in [6.07, 6.45) is 0.677.